The van der Waals surface area contributed by atoms with Gasteiger partial charge in [-0.25, -0.2) is 4.98 Å². The van der Waals surface area contributed by atoms with Gasteiger partial charge in [0.2, 0.25) is 5.89 Å². The summed E-state index contributed by atoms with van der Waals surface area (Å²) in [6.07, 6.45) is 1.82. The fourth-order valence-electron chi connectivity index (χ4n) is 1.38. The Labute approximate surface area is 88.0 Å². The fraction of sp³-hybridized carbons (Fsp3) is 0.167. The molecule has 0 amide bonds. The molecule has 0 saturated heterocycles. The summed E-state index contributed by atoms with van der Waals surface area (Å²) in [4.78, 5) is 4.22. The van der Waals surface area contributed by atoms with Gasteiger partial charge in [0.1, 0.15) is 6.26 Å². The summed E-state index contributed by atoms with van der Waals surface area (Å²) in [5.41, 5.74) is 2.78. The van der Waals surface area contributed by atoms with Crippen LogP contribution < -0.4 is 0 Å². The lowest BCUT2D eigenvalue weighted by molar-refractivity contribution is 0.573. The number of hydrogen-bond acceptors (Lipinski definition) is 3. The topological polar surface area (TPSA) is 49.8 Å². The molecule has 1 aromatic heterocycles. The third-order valence-corrected chi connectivity index (χ3v) is 2.08. The SMILES string of the molecule is Cc1cccc(-c2nc(CC#N)co2)c1. The Morgan fingerprint density at radius 2 is 2.33 bits per heavy atom. The van der Waals surface area contributed by atoms with Gasteiger partial charge in [0.05, 0.1) is 18.2 Å². The summed E-state index contributed by atoms with van der Waals surface area (Å²) in [5.74, 6) is 0.573. The van der Waals surface area contributed by atoms with E-state index < -0.39 is 0 Å². The quantitative estimate of drug-likeness (QED) is 0.745. The zero-order valence-electron chi connectivity index (χ0n) is 8.40. The maximum Gasteiger partial charge on any atom is 0.226 e. The maximum atomic E-state index is 8.51. The van der Waals surface area contributed by atoms with Crippen molar-refractivity contribution in [3.8, 4) is 17.5 Å². The molecule has 0 unspecified atom stereocenters. The minimum Gasteiger partial charge on any atom is -0.444 e. The van der Waals surface area contributed by atoms with Gasteiger partial charge in [-0.05, 0) is 19.1 Å². The summed E-state index contributed by atoms with van der Waals surface area (Å²) in [5, 5.41) is 8.51. The van der Waals surface area contributed by atoms with Crippen molar-refractivity contribution in [2.75, 3.05) is 0 Å². The number of hydrogen-bond donors (Lipinski definition) is 0. The number of aryl methyl sites for hydroxylation is 1. The number of oxazole rings is 1. The van der Waals surface area contributed by atoms with E-state index >= 15 is 0 Å². The molecule has 0 fully saturated rings. The van der Waals surface area contributed by atoms with Gasteiger partial charge in [-0.15, -0.1) is 0 Å². The third-order valence-electron chi connectivity index (χ3n) is 2.08. The molecule has 2 aromatic rings. The van der Waals surface area contributed by atoms with Crippen LogP contribution in [0.25, 0.3) is 11.5 Å². The maximum absolute atomic E-state index is 8.51. The Hall–Kier alpha value is -2.08. The lowest BCUT2D eigenvalue weighted by Crippen LogP contribution is -1.82. The van der Waals surface area contributed by atoms with Crippen molar-refractivity contribution >= 4 is 0 Å². The normalized spacial score (nSPS) is 9.87. The van der Waals surface area contributed by atoms with Gasteiger partial charge >= 0.3 is 0 Å². The van der Waals surface area contributed by atoms with Crippen LogP contribution in [0.5, 0.6) is 0 Å². The van der Waals surface area contributed by atoms with Gasteiger partial charge in [-0.3, -0.25) is 0 Å². The minimum absolute atomic E-state index is 0.287. The van der Waals surface area contributed by atoms with Crippen molar-refractivity contribution in [3.63, 3.8) is 0 Å². The standard InChI is InChI=1S/C12H10N2O/c1-9-3-2-4-10(7-9)12-14-11(5-6-13)8-15-12/h2-4,7-8H,5H2,1H3. The monoisotopic (exact) mass is 198 g/mol. The molecule has 0 spiro atoms. The van der Waals surface area contributed by atoms with Gasteiger partial charge in [0, 0.05) is 5.56 Å². The zero-order valence-corrected chi connectivity index (χ0v) is 8.40. The molecule has 2 rings (SSSR count). The first kappa shape index (κ1) is 9.47. The van der Waals surface area contributed by atoms with Gasteiger partial charge in [0.25, 0.3) is 0 Å². The molecule has 0 N–H and O–H groups in total. The molecule has 0 aliphatic heterocycles. The smallest absolute Gasteiger partial charge is 0.226 e. The van der Waals surface area contributed by atoms with Crippen LogP contribution >= 0.6 is 0 Å². The number of nitrogens with zero attached hydrogens (tertiary/aromatic N) is 2. The summed E-state index contributed by atoms with van der Waals surface area (Å²) in [6.45, 7) is 2.02. The van der Waals surface area contributed by atoms with E-state index in [1.54, 1.807) is 0 Å². The van der Waals surface area contributed by atoms with E-state index in [9.17, 15) is 0 Å². The molecular formula is C12H10N2O. The van der Waals surface area contributed by atoms with Crippen molar-refractivity contribution in [1.29, 1.82) is 5.26 Å². The fourth-order valence-corrected chi connectivity index (χ4v) is 1.38. The second-order valence-electron chi connectivity index (χ2n) is 3.35. The predicted octanol–water partition coefficient (Wildman–Crippen LogP) is 2.72. The first-order valence-corrected chi connectivity index (χ1v) is 4.68. The largest absolute Gasteiger partial charge is 0.444 e. The number of benzene rings is 1. The summed E-state index contributed by atoms with van der Waals surface area (Å²) >= 11 is 0. The second-order valence-corrected chi connectivity index (χ2v) is 3.35. The van der Waals surface area contributed by atoms with E-state index in [-0.39, 0.29) is 6.42 Å². The lowest BCUT2D eigenvalue weighted by atomic mass is 10.1. The molecule has 0 radical (unpaired) electrons. The van der Waals surface area contributed by atoms with Crippen LogP contribution in [0.4, 0.5) is 0 Å². The summed E-state index contributed by atoms with van der Waals surface area (Å²) < 4.78 is 5.30. The van der Waals surface area contributed by atoms with Crippen molar-refractivity contribution in [2.45, 2.75) is 13.3 Å². The molecule has 0 aliphatic rings. The molecule has 3 nitrogen and oxygen atoms in total. The molecule has 0 bridgehead atoms. The average Bonchev–Trinajstić information content (AvgIpc) is 2.67. The van der Waals surface area contributed by atoms with Crippen molar-refractivity contribution in [3.05, 3.63) is 41.8 Å². The Morgan fingerprint density at radius 3 is 3.07 bits per heavy atom. The number of nitriles is 1. The Balaban J connectivity index is 2.34. The third kappa shape index (κ3) is 2.05. The minimum atomic E-state index is 0.287. The summed E-state index contributed by atoms with van der Waals surface area (Å²) in [6, 6.07) is 9.95. The molecule has 1 aromatic carbocycles. The first-order valence-electron chi connectivity index (χ1n) is 4.68. The highest BCUT2D eigenvalue weighted by atomic mass is 16.3. The van der Waals surface area contributed by atoms with E-state index in [2.05, 4.69) is 4.98 Å². The van der Waals surface area contributed by atoms with Gasteiger partial charge in [-0.1, -0.05) is 17.7 Å². The van der Waals surface area contributed by atoms with Crippen LogP contribution in [0.3, 0.4) is 0 Å². The van der Waals surface area contributed by atoms with Crippen LogP contribution in [0.2, 0.25) is 0 Å². The van der Waals surface area contributed by atoms with Crippen LogP contribution in [0, 0.1) is 18.3 Å². The Morgan fingerprint density at radius 1 is 1.47 bits per heavy atom. The van der Waals surface area contributed by atoms with Gasteiger partial charge < -0.3 is 4.42 Å². The van der Waals surface area contributed by atoms with Crippen molar-refractivity contribution < 1.29 is 4.42 Å². The molecule has 74 valence electrons. The Bertz CT molecular complexity index is 508. The van der Waals surface area contributed by atoms with Crippen molar-refractivity contribution in [1.82, 2.24) is 4.98 Å². The Kier molecular flexibility index (Phi) is 2.51. The average molecular weight is 198 g/mol. The van der Waals surface area contributed by atoms with Gasteiger partial charge in [0.15, 0.2) is 0 Å². The van der Waals surface area contributed by atoms with E-state index in [1.807, 2.05) is 37.3 Å². The van der Waals surface area contributed by atoms with E-state index in [1.165, 1.54) is 6.26 Å². The predicted molar refractivity (Wildman–Crippen MR) is 56.0 cm³/mol. The van der Waals surface area contributed by atoms with E-state index in [0.29, 0.717) is 11.6 Å². The first-order chi connectivity index (χ1) is 7.29. The highest BCUT2D eigenvalue weighted by Crippen LogP contribution is 2.19. The van der Waals surface area contributed by atoms with E-state index in [4.69, 9.17) is 9.68 Å². The highest BCUT2D eigenvalue weighted by molar-refractivity contribution is 5.54. The van der Waals surface area contributed by atoms with Crippen LogP contribution in [0.15, 0.2) is 34.9 Å². The zero-order chi connectivity index (χ0) is 10.7. The molecule has 15 heavy (non-hydrogen) atoms. The van der Waals surface area contributed by atoms with Crippen LogP contribution in [-0.4, -0.2) is 4.98 Å². The second kappa shape index (κ2) is 3.97. The number of aromatic nitrogens is 1. The molecule has 0 saturated carbocycles. The highest BCUT2D eigenvalue weighted by Gasteiger charge is 2.05. The van der Waals surface area contributed by atoms with E-state index in [0.717, 1.165) is 11.1 Å². The van der Waals surface area contributed by atoms with Crippen LogP contribution in [-0.2, 0) is 6.42 Å². The number of rotatable bonds is 2. The van der Waals surface area contributed by atoms with Gasteiger partial charge in [-0.2, -0.15) is 5.26 Å². The molecular weight excluding hydrogens is 188 g/mol. The lowest BCUT2D eigenvalue weighted by Gasteiger charge is -1.95. The molecule has 0 aliphatic carbocycles. The van der Waals surface area contributed by atoms with Crippen LogP contribution in [0.1, 0.15) is 11.3 Å². The molecule has 3 heteroatoms. The van der Waals surface area contributed by atoms with Crippen molar-refractivity contribution in [2.24, 2.45) is 0 Å². The molecule has 1 heterocycles. The molecule has 0 atom stereocenters. The summed E-state index contributed by atoms with van der Waals surface area (Å²) in [7, 11) is 0.